The second-order valence-corrected chi connectivity index (χ2v) is 4.32. The lowest BCUT2D eigenvalue weighted by molar-refractivity contribution is 0.198. The van der Waals surface area contributed by atoms with E-state index in [1.54, 1.807) is 0 Å². The molecule has 1 atom stereocenters. The Kier molecular flexibility index (Phi) is 3.42. The Morgan fingerprint density at radius 2 is 2.29 bits per heavy atom. The van der Waals surface area contributed by atoms with Crippen molar-refractivity contribution in [2.24, 2.45) is 0 Å². The van der Waals surface area contributed by atoms with Crippen LogP contribution >= 0.6 is 0 Å². The molecule has 0 bridgehead atoms. The summed E-state index contributed by atoms with van der Waals surface area (Å²) >= 11 is 0. The van der Waals surface area contributed by atoms with Gasteiger partial charge in [0.1, 0.15) is 0 Å². The van der Waals surface area contributed by atoms with Gasteiger partial charge in [0.25, 0.3) is 0 Å². The Balaban J connectivity index is 2.16. The number of nitrogens with two attached hydrogens (primary N) is 1. The van der Waals surface area contributed by atoms with Gasteiger partial charge in [-0.3, -0.25) is 4.90 Å². The van der Waals surface area contributed by atoms with Crippen LogP contribution in [0.4, 0.5) is 16.2 Å². The second-order valence-electron chi connectivity index (χ2n) is 4.32. The fourth-order valence-corrected chi connectivity index (χ4v) is 2.25. The van der Waals surface area contributed by atoms with E-state index in [1.165, 1.54) is 0 Å². The van der Waals surface area contributed by atoms with Crippen molar-refractivity contribution >= 4 is 11.8 Å². The molecule has 2 N–H and O–H groups in total. The molecule has 0 aliphatic carbocycles. The summed E-state index contributed by atoms with van der Waals surface area (Å²) in [6.45, 7) is 7.74. The normalized spacial score (nSPS) is 21.8. The van der Waals surface area contributed by atoms with Crippen molar-refractivity contribution in [3.63, 3.8) is 0 Å². The van der Waals surface area contributed by atoms with Crippen molar-refractivity contribution in [1.82, 2.24) is 14.9 Å². The highest BCUT2D eigenvalue weighted by Crippen LogP contribution is 2.20. The first-order chi connectivity index (χ1) is 8.11. The number of nitrogen functional groups attached to an aromatic ring is 1. The Bertz CT molecular complexity index is 397. The molecule has 1 aromatic heterocycles. The first-order valence-electron chi connectivity index (χ1n) is 5.88. The molecule has 0 aromatic carbocycles. The van der Waals surface area contributed by atoms with Crippen molar-refractivity contribution in [3.05, 3.63) is 12.0 Å². The summed E-state index contributed by atoms with van der Waals surface area (Å²) in [5.74, 6) is 0.0309. The maximum absolute atomic E-state index is 13.6. The van der Waals surface area contributed by atoms with Crippen LogP contribution in [0.15, 0.2) is 6.20 Å². The lowest BCUT2D eigenvalue weighted by Crippen LogP contribution is -2.52. The number of rotatable bonds is 2. The summed E-state index contributed by atoms with van der Waals surface area (Å²) in [4.78, 5) is 11.9. The molecule has 2 heterocycles. The van der Waals surface area contributed by atoms with Crippen LogP contribution in [-0.2, 0) is 0 Å². The third-order valence-corrected chi connectivity index (χ3v) is 3.22. The summed E-state index contributed by atoms with van der Waals surface area (Å²) in [5, 5.41) is 0. The molecule has 17 heavy (non-hydrogen) atoms. The maximum Gasteiger partial charge on any atom is 0.222 e. The van der Waals surface area contributed by atoms with Gasteiger partial charge in [-0.05, 0) is 13.5 Å². The van der Waals surface area contributed by atoms with Crippen molar-refractivity contribution in [1.29, 1.82) is 0 Å². The largest absolute Gasteiger partial charge is 0.368 e. The average Bonchev–Trinajstić information content (AvgIpc) is 2.32. The maximum atomic E-state index is 13.6. The molecule has 0 radical (unpaired) electrons. The number of hydrogen-bond acceptors (Lipinski definition) is 5. The number of hydrogen-bond donors (Lipinski definition) is 1. The summed E-state index contributed by atoms with van der Waals surface area (Å²) < 4.78 is 13.6. The predicted octanol–water partition coefficient (Wildman–Crippen LogP) is 0.728. The summed E-state index contributed by atoms with van der Waals surface area (Å²) in [6.07, 6.45) is 1.13. The number of anilines is 2. The van der Waals surface area contributed by atoms with E-state index in [4.69, 9.17) is 5.73 Å². The van der Waals surface area contributed by atoms with E-state index in [2.05, 4.69) is 28.7 Å². The Morgan fingerprint density at radius 3 is 2.94 bits per heavy atom. The number of halogens is 1. The molecule has 94 valence electrons. The monoisotopic (exact) mass is 239 g/mol. The van der Waals surface area contributed by atoms with Gasteiger partial charge in [-0.2, -0.15) is 4.98 Å². The minimum Gasteiger partial charge on any atom is -0.368 e. The molecule has 1 aliphatic heterocycles. The standard InChI is InChI=1S/C11H18FN5/c1-3-16-4-5-17(7-8(16)2)10-9(12)6-14-11(13)15-10/h6,8H,3-5,7H2,1-2H3,(H2,13,14,15). The molecule has 1 unspecified atom stereocenters. The number of aromatic nitrogens is 2. The molecule has 0 saturated carbocycles. The van der Waals surface area contributed by atoms with E-state index < -0.39 is 5.82 Å². The van der Waals surface area contributed by atoms with Crippen LogP contribution in [0.5, 0.6) is 0 Å². The van der Waals surface area contributed by atoms with Crippen LogP contribution in [0.1, 0.15) is 13.8 Å². The van der Waals surface area contributed by atoms with Crippen LogP contribution in [-0.4, -0.2) is 47.1 Å². The van der Waals surface area contributed by atoms with Crippen molar-refractivity contribution < 1.29 is 4.39 Å². The van der Waals surface area contributed by atoms with E-state index >= 15 is 0 Å². The SMILES string of the molecule is CCN1CCN(c2nc(N)ncc2F)CC1C. The van der Waals surface area contributed by atoms with Crippen molar-refractivity contribution in [2.75, 3.05) is 36.8 Å². The fourth-order valence-electron chi connectivity index (χ4n) is 2.25. The van der Waals surface area contributed by atoms with E-state index in [0.717, 1.165) is 32.4 Å². The third kappa shape index (κ3) is 2.46. The van der Waals surface area contributed by atoms with E-state index in [-0.39, 0.29) is 5.95 Å². The summed E-state index contributed by atoms with van der Waals surface area (Å²) in [5.41, 5.74) is 5.50. The van der Waals surface area contributed by atoms with E-state index in [9.17, 15) is 4.39 Å². The average molecular weight is 239 g/mol. The molecule has 5 nitrogen and oxygen atoms in total. The Morgan fingerprint density at radius 1 is 1.53 bits per heavy atom. The molecule has 6 heteroatoms. The molecule has 1 fully saturated rings. The molecule has 1 aliphatic rings. The molecule has 1 saturated heterocycles. The molecule has 0 spiro atoms. The number of piperazine rings is 1. The zero-order valence-corrected chi connectivity index (χ0v) is 10.2. The van der Waals surface area contributed by atoms with Crippen LogP contribution < -0.4 is 10.6 Å². The number of nitrogens with zero attached hydrogens (tertiary/aromatic N) is 4. The van der Waals surface area contributed by atoms with Gasteiger partial charge in [0.05, 0.1) is 6.20 Å². The van der Waals surface area contributed by atoms with Gasteiger partial charge in [-0.25, -0.2) is 9.37 Å². The van der Waals surface area contributed by atoms with Gasteiger partial charge in [0, 0.05) is 25.7 Å². The summed E-state index contributed by atoms with van der Waals surface area (Å²) in [7, 11) is 0. The summed E-state index contributed by atoms with van der Waals surface area (Å²) in [6, 6.07) is 0.393. The third-order valence-electron chi connectivity index (χ3n) is 3.22. The minimum atomic E-state index is -0.406. The van der Waals surface area contributed by atoms with Gasteiger partial charge in [0.2, 0.25) is 5.95 Å². The molecular formula is C11H18FN5. The molecule has 0 amide bonds. The first-order valence-corrected chi connectivity index (χ1v) is 5.88. The topological polar surface area (TPSA) is 58.3 Å². The van der Waals surface area contributed by atoms with Gasteiger partial charge >= 0.3 is 0 Å². The lowest BCUT2D eigenvalue weighted by atomic mass is 10.2. The first kappa shape index (κ1) is 12.0. The highest BCUT2D eigenvalue weighted by atomic mass is 19.1. The minimum absolute atomic E-state index is 0.118. The van der Waals surface area contributed by atoms with Crippen molar-refractivity contribution in [3.8, 4) is 0 Å². The smallest absolute Gasteiger partial charge is 0.222 e. The number of likely N-dealkylation sites (N-methyl/N-ethyl adjacent to an activating group) is 1. The highest BCUT2D eigenvalue weighted by Gasteiger charge is 2.25. The van der Waals surface area contributed by atoms with Crippen molar-refractivity contribution in [2.45, 2.75) is 19.9 Å². The van der Waals surface area contributed by atoms with E-state index in [1.807, 2.05) is 4.90 Å². The van der Waals surface area contributed by atoms with Gasteiger partial charge in [0.15, 0.2) is 11.6 Å². The van der Waals surface area contributed by atoms with E-state index in [0.29, 0.717) is 11.9 Å². The van der Waals surface area contributed by atoms with Gasteiger partial charge < -0.3 is 10.6 Å². The lowest BCUT2D eigenvalue weighted by Gasteiger charge is -2.39. The zero-order chi connectivity index (χ0) is 12.4. The molecule has 2 rings (SSSR count). The Labute approximate surface area is 100 Å². The fraction of sp³-hybridized carbons (Fsp3) is 0.636. The van der Waals surface area contributed by atoms with Crippen LogP contribution in [0.3, 0.4) is 0 Å². The zero-order valence-electron chi connectivity index (χ0n) is 10.2. The molecular weight excluding hydrogens is 221 g/mol. The highest BCUT2D eigenvalue weighted by molar-refractivity contribution is 5.43. The Hall–Kier alpha value is -1.43. The quantitative estimate of drug-likeness (QED) is 0.824. The van der Waals surface area contributed by atoms with Gasteiger partial charge in [-0.15, -0.1) is 0 Å². The van der Waals surface area contributed by atoms with Crippen LogP contribution in [0.25, 0.3) is 0 Å². The van der Waals surface area contributed by atoms with Gasteiger partial charge in [-0.1, -0.05) is 6.92 Å². The molecule has 1 aromatic rings. The second kappa shape index (κ2) is 4.83. The van der Waals surface area contributed by atoms with Crippen LogP contribution in [0, 0.1) is 5.82 Å². The van der Waals surface area contributed by atoms with Crippen LogP contribution in [0.2, 0.25) is 0 Å². The predicted molar refractivity (Wildman–Crippen MR) is 65.3 cm³/mol.